The van der Waals surface area contributed by atoms with Gasteiger partial charge in [0.2, 0.25) is 0 Å². The van der Waals surface area contributed by atoms with Crippen molar-refractivity contribution in [1.29, 1.82) is 0 Å². The number of halogens is 2. The summed E-state index contributed by atoms with van der Waals surface area (Å²) < 4.78 is 13.0. The number of thiocarbonyl (C=S) groups is 1. The molecule has 6 heteroatoms. The van der Waals surface area contributed by atoms with Gasteiger partial charge in [0.05, 0.1) is 5.69 Å². The lowest BCUT2D eigenvalue weighted by atomic mass is 10.2. The zero-order chi connectivity index (χ0) is 15.7. The quantitative estimate of drug-likeness (QED) is 0.671. The van der Waals surface area contributed by atoms with Crippen molar-refractivity contribution in [2.45, 2.75) is 0 Å². The molecule has 1 fully saturated rings. The summed E-state index contributed by atoms with van der Waals surface area (Å²) in [4.78, 5) is 13.8. The van der Waals surface area contributed by atoms with Crippen LogP contribution in [-0.4, -0.2) is 11.0 Å². The molecule has 2 aromatic rings. The van der Waals surface area contributed by atoms with Crippen LogP contribution >= 0.6 is 23.8 Å². The summed E-state index contributed by atoms with van der Waals surface area (Å²) in [5, 5.41) is 3.70. The highest BCUT2D eigenvalue weighted by molar-refractivity contribution is 7.80. The number of nitrogens with zero attached hydrogens (tertiary/aromatic N) is 1. The van der Waals surface area contributed by atoms with Crippen LogP contribution < -0.4 is 10.2 Å². The number of carbonyl (C=O) groups excluding carboxylic acids is 1. The average Bonchev–Trinajstić information content (AvgIpc) is 2.75. The fourth-order valence-corrected chi connectivity index (χ4v) is 2.62. The zero-order valence-electron chi connectivity index (χ0n) is 11.2. The molecule has 0 aromatic heterocycles. The van der Waals surface area contributed by atoms with E-state index in [9.17, 15) is 9.18 Å². The molecule has 2 aromatic carbocycles. The summed E-state index contributed by atoms with van der Waals surface area (Å²) in [5.41, 5.74) is 1.64. The van der Waals surface area contributed by atoms with Crippen molar-refractivity contribution in [1.82, 2.24) is 5.32 Å². The van der Waals surface area contributed by atoms with Gasteiger partial charge in [-0.3, -0.25) is 9.69 Å². The Hall–Kier alpha value is -2.24. The Morgan fingerprint density at radius 2 is 1.91 bits per heavy atom. The summed E-state index contributed by atoms with van der Waals surface area (Å²) in [6, 6.07) is 12.7. The first-order valence-corrected chi connectivity index (χ1v) is 7.21. The molecule has 1 heterocycles. The minimum atomic E-state index is -0.371. The Bertz CT molecular complexity index is 789. The van der Waals surface area contributed by atoms with Crippen LogP contribution in [0.3, 0.4) is 0 Å². The molecular weight excluding hydrogens is 323 g/mol. The van der Waals surface area contributed by atoms with E-state index in [1.165, 1.54) is 29.2 Å². The van der Waals surface area contributed by atoms with Crippen LogP contribution in [0.2, 0.25) is 5.02 Å². The van der Waals surface area contributed by atoms with Crippen LogP contribution in [0, 0.1) is 5.82 Å². The van der Waals surface area contributed by atoms with Gasteiger partial charge in [0, 0.05) is 5.02 Å². The van der Waals surface area contributed by atoms with Crippen LogP contribution in [0.4, 0.5) is 10.1 Å². The Morgan fingerprint density at radius 1 is 1.18 bits per heavy atom. The van der Waals surface area contributed by atoms with Gasteiger partial charge in [-0.1, -0.05) is 23.7 Å². The van der Waals surface area contributed by atoms with Crippen molar-refractivity contribution < 1.29 is 9.18 Å². The van der Waals surface area contributed by atoms with E-state index in [1.54, 1.807) is 24.3 Å². The SMILES string of the molecule is O=C1/C(=C\c2cccc(Cl)c2)NC(=S)N1c1ccc(F)cc1. The standard InChI is InChI=1S/C16H10ClFN2OS/c17-11-3-1-2-10(8-11)9-14-15(21)20(16(22)19-14)13-6-4-12(18)5-7-13/h1-9H,(H,19,22)/b14-9+. The molecule has 0 bridgehead atoms. The third-order valence-corrected chi connectivity index (χ3v) is 3.64. The molecule has 22 heavy (non-hydrogen) atoms. The summed E-state index contributed by atoms with van der Waals surface area (Å²) in [5.74, 6) is -0.666. The van der Waals surface area contributed by atoms with Crippen molar-refractivity contribution >= 4 is 46.6 Å². The van der Waals surface area contributed by atoms with Crippen LogP contribution in [0.5, 0.6) is 0 Å². The number of carbonyl (C=O) groups is 1. The molecule has 0 radical (unpaired) electrons. The number of anilines is 1. The molecule has 1 saturated heterocycles. The molecule has 0 unspecified atom stereocenters. The first-order valence-electron chi connectivity index (χ1n) is 6.43. The Morgan fingerprint density at radius 3 is 2.59 bits per heavy atom. The monoisotopic (exact) mass is 332 g/mol. The summed E-state index contributed by atoms with van der Waals surface area (Å²) >= 11 is 11.1. The number of rotatable bonds is 2. The zero-order valence-corrected chi connectivity index (χ0v) is 12.8. The highest BCUT2D eigenvalue weighted by Gasteiger charge is 2.31. The lowest BCUT2D eigenvalue weighted by Crippen LogP contribution is -2.30. The minimum Gasteiger partial charge on any atom is -0.327 e. The van der Waals surface area contributed by atoms with Gasteiger partial charge in [0.25, 0.3) is 5.91 Å². The van der Waals surface area contributed by atoms with E-state index in [-0.39, 0.29) is 16.8 Å². The van der Waals surface area contributed by atoms with E-state index in [1.807, 2.05) is 6.07 Å². The van der Waals surface area contributed by atoms with Crippen molar-refractivity contribution in [3.05, 3.63) is 70.6 Å². The third kappa shape index (κ3) is 2.86. The Kier molecular flexibility index (Phi) is 3.92. The summed E-state index contributed by atoms with van der Waals surface area (Å²) in [7, 11) is 0. The lowest BCUT2D eigenvalue weighted by Gasteiger charge is -2.13. The van der Waals surface area contributed by atoms with Gasteiger partial charge in [0.15, 0.2) is 5.11 Å². The molecule has 0 spiro atoms. The molecule has 1 aliphatic heterocycles. The Labute approximate surface area is 137 Å². The number of amides is 1. The number of benzene rings is 2. The molecular formula is C16H10ClFN2OS. The third-order valence-electron chi connectivity index (χ3n) is 3.12. The Balaban J connectivity index is 1.93. The maximum Gasteiger partial charge on any atom is 0.281 e. The lowest BCUT2D eigenvalue weighted by molar-refractivity contribution is -0.113. The second kappa shape index (κ2) is 5.87. The average molecular weight is 333 g/mol. The fraction of sp³-hybridized carbons (Fsp3) is 0. The molecule has 3 nitrogen and oxygen atoms in total. The highest BCUT2D eigenvalue weighted by Crippen LogP contribution is 2.23. The molecule has 0 saturated carbocycles. The van der Waals surface area contributed by atoms with Gasteiger partial charge >= 0.3 is 0 Å². The topological polar surface area (TPSA) is 32.3 Å². The maximum atomic E-state index is 13.0. The van der Waals surface area contributed by atoms with Gasteiger partial charge in [-0.05, 0) is 60.3 Å². The van der Waals surface area contributed by atoms with E-state index in [4.69, 9.17) is 23.8 Å². The van der Waals surface area contributed by atoms with Gasteiger partial charge in [-0.15, -0.1) is 0 Å². The largest absolute Gasteiger partial charge is 0.327 e. The first kappa shape index (κ1) is 14.7. The molecule has 1 aliphatic rings. The van der Waals surface area contributed by atoms with E-state index in [0.29, 0.717) is 16.4 Å². The highest BCUT2D eigenvalue weighted by atomic mass is 35.5. The molecule has 110 valence electrons. The van der Waals surface area contributed by atoms with E-state index < -0.39 is 0 Å². The number of hydrogen-bond donors (Lipinski definition) is 1. The van der Waals surface area contributed by atoms with Gasteiger partial charge in [-0.25, -0.2) is 4.39 Å². The van der Waals surface area contributed by atoms with Crippen LogP contribution in [0.25, 0.3) is 6.08 Å². The fourth-order valence-electron chi connectivity index (χ4n) is 2.12. The maximum absolute atomic E-state index is 13.0. The predicted octanol–water partition coefficient (Wildman–Crippen LogP) is 3.74. The molecule has 1 N–H and O–H groups in total. The van der Waals surface area contributed by atoms with Gasteiger partial charge in [-0.2, -0.15) is 0 Å². The van der Waals surface area contributed by atoms with E-state index in [2.05, 4.69) is 5.32 Å². The minimum absolute atomic E-state index is 0.255. The van der Waals surface area contributed by atoms with Gasteiger partial charge < -0.3 is 5.32 Å². The second-order valence-corrected chi connectivity index (χ2v) is 5.48. The molecule has 1 amide bonds. The predicted molar refractivity (Wildman–Crippen MR) is 89.0 cm³/mol. The molecule has 0 aliphatic carbocycles. The van der Waals surface area contributed by atoms with Crippen LogP contribution in [0.15, 0.2) is 54.2 Å². The summed E-state index contributed by atoms with van der Waals surface area (Å²) in [6.45, 7) is 0. The number of hydrogen-bond acceptors (Lipinski definition) is 2. The van der Waals surface area contributed by atoms with Crippen molar-refractivity contribution in [2.75, 3.05) is 4.90 Å². The number of nitrogens with one attached hydrogen (secondary N) is 1. The normalized spacial score (nSPS) is 16.3. The van der Waals surface area contributed by atoms with Crippen molar-refractivity contribution in [3.63, 3.8) is 0 Å². The molecule has 3 rings (SSSR count). The van der Waals surface area contributed by atoms with Crippen molar-refractivity contribution in [3.8, 4) is 0 Å². The van der Waals surface area contributed by atoms with Gasteiger partial charge in [0.1, 0.15) is 11.5 Å². The first-order chi connectivity index (χ1) is 10.5. The van der Waals surface area contributed by atoms with E-state index in [0.717, 1.165) is 5.56 Å². The summed E-state index contributed by atoms with van der Waals surface area (Å²) in [6.07, 6.45) is 1.67. The second-order valence-electron chi connectivity index (χ2n) is 4.66. The van der Waals surface area contributed by atoms with Crippen LogP contribution in [-0.2, 0) is 4.79 Å². The molecule has 0 atom stereocenters. The van der Waals surface area contributed by atoms with Crippen molar-refractivity contribution in [2.24, 2.45) is 0 Å². The van der Waals surface area contributed by atoms with Crippen LogP contribution in [0.1, 0.15) is 5.56 Å². The smallest absolute Gasteiger partial charge is 0.281 e. The van der Waals surface area contributed by atoms with E-state index >= 15 is 0 Å².